The van der Waals surface area contributed by atoms with E-state index in [2.05, 4.69) is 4.98 Å². The summed E-state index contributed by atoms with van der Waals surface area (Å²) in [5.74, 6) is 0.966. The number of aromatic nitrogens is 1. The fraction of sp³-hybridized carbons (Fsp3) is 0.154. The van der Waals surface area contributed by atoms with Gasteiger partial charge in [-0.25, -0.2) is 22.5 Å². The van der Waals surface area contributed by atoms with Crippen LogP contribution in [0.2, 0.25) is 0 Å². The van der Waals surface area contributed by atoms with Gasteiger partial charge in [-0.3, -0.25) is 15.0 Å². The van der Waals surface area contributed by atoms with Gasteiger partial charge in [0.05, 0.1) is 35.7 Å². The van der Waals surface area contributed by atoms with Crippen molar-refractivity contribution in [3.63, 3.8) is 0 Å². The number of carbonyl (C=O) groups excluding carboxylic acids is 1. The molecular weight excluding hydrogens is 560 g/mol. The molecule has 1 aliphatic heterocycles. The Morgan fingerprint density at radius 1 is 1.12 bits per heavy atom. The Labute approximate surface area is 233 Å². The van der Waals surface area contributed by atoms with Crippen LogP contribution in [0, 0.1) is 10.1 Å². The smallest absolute Gasteiger partial charge is 0.419 e. The molecule has 12 nitrogen and oxygen atoms in total. The average Bonchev–Trinajstić information content (AvgIpc) is 3.50. The van der Waals surface area contributed by atoms with Gasteiger partial charge < -0.3 is 14.2 Å². The predicted molar refractivity (Wildman–Crippen MR) is 147 cm³/mol. The number of nitro groups is 1. The van der Waals surface area contributed by atoms with E-state index in [4.69, 9.17) is 14.2 Å². The number of anilines is 2. The van der Waals surface area contributed by atoms with Crippen molar-refractivity contribution in [2.45, 2.75) is 11.4 Å². The minimum atomic E-state index is -4.09. The number of thiazole rings is 1. The molecule has 2 heterocycles. The Morgan fingerprint density at radius 3 is 2.50 bits per heavy atom. The summed E-state index contributed by atoms with van der Waals surface area (Å²) >= 11 is 1.19. The van der Waals surface area contributed by atoms with E-state index >= 15 is 0 Å². The maximum Gasteiger partial charge on any atom is 0.419 e. The SMILES string of the molecule is COc1ccc(CN(c2nccs2)S(=O)(=O)c2ccc3c(c2)OCCN3C(=O)Oc2ccc([N+](=O)[O-])cc2)cc1. The van der Waals surface area contributed by atoms with E-state index in [0.29, 0.717) is 16.6 Å². The molecule has 1 aromatic heterocycles. The number of fused-ring (bicyclic) bond motifs is 1. The van der Waals surface area contributed by atoms with Crippen LogP contribution in [0.25, 0.3) is 0 Å². The van der Waals surface area contributed by atoms with Crippen LogP contribution in [0.15, 0.2) is 83.2 Å². The van der Waals surface area contributed by atoms with Crippen molar-refractivity contribution in [2.24, 2.45) is 0 Å². The van der Waals surface area contributed by atoms with E-state index in [-0.39, 0.29) is 41.8 Å². The second-order valence-electron chi connectivity index (χ2n) is 8.42. The van der Waals surface area contributed by atoms with Gasteiger partial charge in [0.25, 0.3) is 15.7 Å². The van der Waals surface area contributed by atoms with Gasteiger partial charge in [0, 0.05) is 29.8 Å². The van der Waals surface area contributed by atoms with Gasteiger partial charge in [-0.2, -0.15) is 0 Å². The topological polar surface area (TPSA) is 141 Å². The number of amides is 1. The van der Waals surface area contributed by atoms with Crippen LogP contribution >= 0.6 is 11.3 Å². The van der Waals surface area contributed by atoms with Crippen LogP contribution in [-0.2, 0) is 16.6 Å². The lowest BCUT2D eigenvalue weighted by Crippen LogP contribution is -2.40. The molecule has 1 aliphatic rings. The van der Waals surface area contributed by atoms with Crippen LogP contribution in [-0.4, -0.2) is 44.7 Å². The number of rotatable bonds is 8. The van der Waals surface area contributed by atoms with Gasteiger partial charge in [0.1, 0.15) is 23.9 Å². The highest BCUT2D eigenvalue weighted by Gasteiger charge is 2.31. The lowest BCUT2D eigenvalue weighted by atomic mass is 10.2. The third kappa shape index (κ3) is 5.53. The molecule has 1 amide bonds. The number of methoxy groups -OCH3 is 1. The molecule has 0 bridgehead atoms. The maximum absolute atomic E-state index is 13.8. The van der Waals surface area contributed by atoms with Gasteiger partial charge in [0.15, 0.2) is 5.13 Å². The predicted octanol–water partition coefficient (Wildman–Crippen LogP) is 4.85. The molecular formula is C26H22N4O8S2. The molecule has 0 unspecified atom stereocenters. The minimum Gasteiger partial charge on any atom is -0.497 e. The first-order valence-corrected chi connectivity index (χ1v) is 14.1. The van der Waals surface area contributed by atoms with E-state index in [1.165, 1.54) is 69.2 Å². The van der Waals surface area contributed by atoms with Crippen molar-refractivity contribution in [3.8, 4) is 17.2 Å². The summed E-state index contributed by atoms with van der Waals surface area (Å²) < 4.78 is 45.2. The van der Waals surface area contributed by atoms with Crippen molar-refractivity contribution in [1.82, 2.24) is 4.98 Å². The Hall–Kier alpha value is -4.69. The molecule has 0 aliphatic carbocycles. The summed E-state index contributed by atoms with van der Waals surface area (Å²) in [4.78, 5) is 28.7. The number of nitrogens with zero attached hydrogens (tertiary/aromatic N) is 4. The third-order valence-electron chi connectivity index (χ3n) is 5.97. The van der Waals surface area contributed by atoms with E-state index in [1.807, 2.05) is 0 Å². The first-order valence-electron chi connectivity index (χ1n) is 11.8. The molecule has 0 radical (unpaired) electrons. The molecule has 0 saturated carbocycles. The number of carbonyl (C=O) groups is 1. The number of nitro benzene ring substituents is 1. The van der Waals surface area contributed by atoms with Crippen molar-refractivity contribution in [2.75, 3.05) is 29.5 Å². The Balaban J connectivity index is 1.40. The normalized spacial score (nSPS) is 12.7. The standard InChI is InChI=1S/C26H22N4O8S2/c1-36-20-6-2-18(3-7-20)17-29(25-27-12-15-39-25)40(34,35)22-10-11-23-24(16-22)37-14-13-28(23)26(31)38-21-8-4-19(5-9-21)30(32)33/h2-12,15-16H,13-14,17H2,1H3. The number of ether oxygens (including phenoxy) is 3. The molecule has 0 spiro atoms. The highest BCUT2D eigenvalue weighted by atomic mass is 32.2. The monoisotopic (exact) mass is 582 g/mol. The quantitative estimate of drug-likeness (QED) is 0.210. The number of hydrogen-bond acceptors (Lipinski definition) is 10. The molecule has 5 rings (SSSR count). The Bertz CT molecular complexity index is 1630. The van der Waals surface area contributed by atoms with E-state index in [0.717, 1.165) is 5.56 Å². The Morgan fingerprint density at radius 2 is 1.85 bits per heavy atom. The average molecular weight is 583 g/mol. The van der Waals surface area contributed by atoms with Gasteiger partial charge in [0.2, 0.25) is 0 Å². The molecule has 14 heteroatoms. The summed E-state index contributed by atoms with van der Waals surface area (Å²) in [6.45, 7) is 0.299. The minimum absolute atomic E-state index is 0.0332. The van der Waals surface area contributed by atoms with Crippen LogP contribution in [0.4, 0.5) is 21.3 Å². The zero-order valence-corrected chi connectivity index (χ0v) is 22.6. The molecule has 0 N–H and O–H groups in total. The molecule has 0 saturated heterocycles. The summed E-state index contributed by atoms with van der Waals surface area (Å²) in [6.07, 6.45) is 0.791. The van der Waals surface area contributed by atoms with Crippen LogP contribution in [0.5, 0.6) is 17.2 Å². The largest absolute Gasteiger partial charge is 0.497 e. The van der Waals surface area contributed by atoms with Crippen molar-refractivity contribution in [1.29, 1.82) is 0 Å². The zero-order chi connectivity index (χ0) is 28.3. The van der Waals surface area contributed by atoms with Crippen LogP contribution in [0.1, 0.15) is 5.56 Å². The third-order valence-corrected chi connectivity index (χ3v) is 8.62. The zero-order valence-electron chi connectivity index (χ0n) is 21.0. The maximum atomic E-state index is 13.8. The summed E-state index contributed by atoms with van der Waals surface area (Å²) in [5, 5.41) is 12.8. The molecule has 4 aromatic rings. The second-order valence-corrected chi connectivity index (χ2v) is 11.2. The molecule has 3 aromatic carbocycles. The second kappa shape index (κ2) is 11.2. The van der Waals surface area contributed by atoms with Gasteiger partial charge in [-0.05, 0) is 42.0 Å². The van der Waals surface area contributed by atoms with Crippen molar-refractivity contribution in [3.05, 3.63) is 94.0 Å². The fourth-order valence-electron chi connectivity index (χ4n) is 3.96. The highest BCUT2D eigenvalue weighted by molar-refractivity contribution is 7.93. The van der Waals surface area contributed by atoms with Crippen LogP contribution in [0.3, 0.4) is 0 Å². The first-order chi connectivity index (χ1) is 19.3. The van der Waals surface area contributed by atoms with Crippen molar-refractivity contribution < 1.29 is 32.3 Å². The number of benzene rings is 3. The number of hydrogen-bond donors (Lipinski definition) is 0. The fourth-order valence-corrected chi connectivity index (χ4v) is 6.25. The lowest BCUT2D eigenvalue weighted by molar-refractivity contribution is -0.384. The van der Waals surface area contributed by atoms with Gasteiger partial charge >= 0.3 is 6.09 Å². The van der Waals surface area contributed by atoms with E-state index < -0.39 is 21.0 Å². The lowest BCUT2D eigenvalue weighted by Gasteiger charge is -2.29. The molecule has 40 heavy (non-hydrogen) atoms. The van der Waals surface area contributed by atoms with E-state index in [1.54, 1.807) is 36.8 Å². The molecule has 0 fully saturated rings. The van der Waals surface area contributed by atoms with Gasteiger partial charge in [-0.15, -0.1) is 11.3 Å². The number of sulfonamides is 1. The first kappa shape index (κ1) is 26.9. The highest BCUT2D eigenvalue weighted by Crippen LogP contribution is 2.37. The van der Waals surface area contributed by atoms with E-state index in [9.17, 15) is 23.3 Å². The number of non-ortho nitro benzene ring substituents is 1. The molecule has 206 valence electrons. The molecule has 0 atom stereocenters. The summed E-state index contributed by atoms with van der Waals surface area (Å²) in [5.41, 5.74) is 0.922. The van der Waals surface area contributed by atoms with Crippen molar-refractivity contribution >= 4 is 44.0 Å². The van der Waals surface area contributed by atoms with Crippen LogP contribution < -0.4 is 23.4 Å². The summed E-state index contributed by atoms with van der Waals surface area (Å²) in [7, 11) is -2.54. The van der Waals surface area contributed by atoms with Gasteiger partial charge in [-0.1, -0.05) is 12.1 Å². The summed E-state index contributed by atoms with van der Waals surface area (Å²) in [6, 6.07) is 16.4. The Kier molecular flexibility index (Phi) is 7.53.